The lowest BCUT2D eigenvalue weighted by Crippen LogP contribution is -2.26. The molecular weight excluding hydrogens is 397 g/mol. The lowest BCUT2D eigenvalue weighted by Gasteiger charge is -2.16. The fraction of sp³-hybridized carbons (Fsp3) is 0.238. The van der Waals surface area contributed by atoms with Gasteiger partial charge in [-0.05, 0) is 42.8 Å². The summed E-state index contributed by atoms with van der Waals surface area (Å²) in [5.41, 5.74) is 2.25. The Morgan fingerprint density at radius 1 is 1.18 bits per heavy atom. The van der Waals surface area contributed by atoms with Crippen LogP contribution in [0.4, 0.5) is 0 Å². The van der Waals surface area contributed by atoms with Gasteiger partial charge in [-0.2, -0.15) is 5.10 Å². The number of benzene rings is 2. The molecule has 0 radical (unpaired) electrons. The zero-order valence-electron chi connectivity index (χ0n) is 15.7. The number of amides is 1. The van der Waals surface area contributed by atoms with E-state index in [9.17, 15) is 4.79 Å². The minimum atomic E-state index is -0.0931. The van der Waals surface area contributed by atoms with Crippen LogP contribution in [0.1, 0.15) is 28.5 Å². The molecule has 5 nitrogen and oxygen atoms in total. The van der Waals surface area contributed by atoms with E-state index in [1.807, 2.05) is 31.2 Å². The van der Waals surface area contributed by atoms with E-state index in [0.29, 0.717) is 40.2 Å². The standard InChI is InChI=1S/C21H21Cl2N3O2/c1-3-26-12-19(23)20(24-26)13-25(2)21(27)16-9-7-15(8-10-16)14-28-18-6-4-5-17(22)11-18/h4-12H,3,13-14H2,1-2H3. The average Bonchev–Trinajstić information content (AvgIpc) is 3.06. The van der Waals surface area contributed by atoms with Gasteiger partial charge in [0.05, 0.1) is 11.6 Å². The highest BCUT2D eigenvalue weighted by Gasteiger charge is 2.15. The van der Waals surface area contributed by atoms with Crippen LogP contribution in [0.25, 0.3) is 0 Å². The first-order chi connectivity index (χ1) is 13.5. The van der Waals surface area contributed by atoms with Crippen molar-refractivity contribution in [2.24, 2.45) is 0 Å². The number of carbonyl (C=O) groups excluding carboxylic acids is 1. The molecule has 1 heterocycles. The molecule has 0 spiro atoms. The first-order valence-corrected chi connectivity index (χ1v) is 9.66. The molecular formula is C21H21Cl2N3O2. The van der Waals surface area contributed by atoms with E-state index in [1.54, 1.807) is 47.1 Å². The minimum absolute atomic E-state index is 0.0931. The number of aryl methyl sites for hydroxylation is 1. The van der Waals surface area contributed by atoms with Gasteiger partial charge in [0.1, 0.15) is 18.1 Å². The first kappa shape index (κ1) is 20.2. The van der Waals surface area contributed by atoms with Crippen molar-refractivity contribution in [1.29, 1.82) is 0 Å². The van der Waals surface area contributed by atoms with E-state index in [1.165, 1.54) is 0 Å². The SMILES string of the molecule is CCn1cc(Cl)c(CN(C)C(=O)c2ccc(COc3cccc(Cl)c3)cc2)n1. The van der Waals surface area contributed by atoms with Crippen molar-refractivity contribution in [3.05, 3.63) is 81.6 Å². The molecule has 0 saturated heterocycles. The smallest absolute Gasteiger partial charge is 0.253 e. The van der Waals surface area contributed by atoms with Crippen LogP contribution < -0.4 is 4.74 Å². The Labute approximate surface area is 174 Å². The van der Waals surface area contributed by atoms with Crippen LogP contribution in [0.3, 0.4) is 0 Å². The van der Waals surface area contributed by atoms with Crippen molar-refractivity contribution < 1.29 is 9.53 Å². The molecule has 1 amide bonds. The molecule has 0 N–H and O–H groups in total. The Morgan fingerprint density at radius 3 is 2.57 bits per heavy atom. The van der Waals surface area contributed by atoms with E-state index < -0.39 is 0 Å². The van der Waals surface area contributed by atoms with Gasteiger partial charge in [0.15, 0.2) is 0 Å². The molecule has 0 fully saturated rings. The maximum absolute atomic E-state index is 12.7. The molecule has 146 valence electrons. The quantitative estimate of drug-likeness (QED) is 0.539. The molecule has 2 aromatic carbocycles. The second kappa shape index (κ2) is 9.13. The largest absolute Gasteiger partial charge is 0.489 e. The van der Waals surface area contributed by atoms with E-state index in [0.717, 1.165) is 12.1 Å². The van der Waals surface area contributed by atoms with Crippen molar-refractivity contribution in [3.63, 3.8) is 0 Å². The van der Waals surface area contributed by atoms with Gasteiger partial charge in [0.25, 0.3) is 5.91 Å². The third kappa shape index (κ3) is 5.06. The number of aromatic nitrogens is 2. The fourth-order valence-electron chi connectivity index (χ4n) is 2.69. The third-order valence-electron chi connectivity index (χ3n) is 4.25. The number of halogens is 2. The van der Waals surface area contributed by atoms with E-state index in [4.69, 9.17) is 27.9 Å². The molecule has 0 aliphatic carbocycles. The van der Waals surface area contributed by atoms with Crippen LogP contribution in [-0.4, -0.2) is 27.6 Å². The molecule has 0 bridgehead atoms. The number of ether oxygens (including phenoxy) is 1. The predicted octanol–water partition coefficient (Wildman–Crippen LogP) is 5.06. The van der Waals surface area contributed by atoms with Crippen molar-refractivity contribution >= 4 is 29.1 Å². The predicted molar refractivity (Wildman–Crippen MR) is 111 cm³/mol. The zero-order valence-corrected chi connectivity index (χ0v) is 17.2. The van der Waals surface area contributed by atoms with Gasteiger partial charge in [0, 0.05) is 30.4 Å². The number of hydrogen-bond acceptors (Lipinski definition) is 3. The molecule has 1 aromatic heterocycles. The fourth-order valence-corrected chi connectivity index (χ4v) is 3.08. The first-order valence-electron chi connectivity index (χ1n) is 8.91. The van der Waals surface area contributed by atoms with E-state index >= 15 is 0 Å². The number of hydrogen-bond donors (Lipinski definition) is 0. The summed E-state index contributed by atoms with van der Waals surface area (Å²) in [7, 11) is 1.74. The highest BCUT2D eigenvalue weighted by molar-refractivity contribution is 6.31. The Bertz CT molecular complexity index is 955. The van der Waals surface area contributed by atoms with Gasteiger partial charge in [-0.1, -0.05) is 41.4 Å². The molecule has 28 heavy (non-hydrogen) atoms. The summed E-state index contributed by atoms with van der Waals surface area (Å²) in [4.78, 5) is 14.3. The van der Waals surface area contributed by atoms with Gasteiger partial charge in [0.2, 0.25) is 0 Å². The highest BCUT2D eigenvalue weighted by Crippen LogP contribution is 2.19. The average molecular weight is 418 g/mol. The van der Waals surface area contributed by atoms with Gasteiger partial charge in [-0.25, -0.2) is 0 Å². The minimum Gasteiger partial charge on any atom is -0.489 e. The summed E-state index contributed by atoms with van der Waals surface area (Å²) in [6.07, 6.45) is 1.77. The van der Waals surface area contributed by atoms with Gasteiger partial charge in [-0.3, -0.25) is 9.48 Å². The molecule has 7 heteroatoms. The molecule has 0 saturated carbocycles. The zero-order chi connectivity index (χ0) is 20.1. The lowest BCUT2D eigenvalue weighted by atomic mass is 10.1. The third-order valence-corrected chi connectivity index (χ3v) is 4.80. The summed E-state index contributed by atoms with van der Waals surface area (Å²) in [6.45, 7) is 3.47. The van der Waals surface area contributed by atoms with Crippen LogP contribution in [0.15, 0.2) is 54.7 Å². The maximum Gasteiger partial charge on any atom is 0.253 e. The Morgan fingerprint density at radius 2 is 1.93 bits per heavy atom. The Kier molecular flexibility index (Phi) is 6.60. The Balaban J connectivity index is 1.60. The second-order valence-electron chi connectivity index (χ2n) is 6.38. The summed E-state index contributed by atoms with van der Waals surface area (Å²) in [6, 6.07) is 14.6. The van der Waals surface area contributed by atoms with Crippen LogP contribution in [0.2, 0.25) is 10.0 Å². The van der Waals surface area contributed by atoms with Crippen LogP contribution in [-0.2, 0) is 19.7 Å². The van der Waals surface area contributed by atoms with Crippen molar-refractivity contribution in [3.8, 4) is 5.75 Å². The highest BCUT2D eigenvalue weighted by atomic mass is 35.5. The molecule has 0 aliphatic heterocycles. The molecule has 0 atom stereocenters. The summed E-state index contributed by atoms with van der Waals surface area (Å²) in [5.74, 6) is 0.611. The molecule has 0 unspecified atom stereocenters. The van der Waals surface area contributed by atoms with Crippen LogP contribution in [0.5, 0.6) is 5.75 Å². The molecule has 3 rings (SSSR count). The summed E-state index contributed by atoms with van der Waals surface area (Å²) >= 11 is 12.1. The number of rotatable bonds is 7. The second-order valence-corrected chi connectivity index (χ2v) is 7.23. The van der Waals surface area contributed by atoms with Gasteiger partial charge in [-0.15, -0.1) is 0 Å². The van der Waals surface area contributed by atoms with Crippen LogP contribution >= 0.6 is 23.2 Å². The number of nitrogens with zero attached hydrogens (tertiary/aromatic N) is 3. The summed E-state index contributed by atoms with van der Waals surface area (Å²) < 4.78 is 7.48. The maximum atomic E-state index is 12.7. The molecule has 0 aliphatic rings. The van der Waals surface area contributed by atoms with E-state index in [-0.39, 0.29) is 5.91 Å². The normalized spacial score (nSPS) is 10.7. The van der Waals surface area contributed by atoms with Crippen molar-refractivity contribution in [1.82, 2.24) is 14.7 Å². The summed E-state index contributed by atoms with van der Waals surface area (Å²) in [5, 5.41) is 5.58. The van der Waals surface area contributed by atoms with Crippen LogP contribution in [0, 0.1) is 0 Å². The van der Waals surface area contributed by atoms with Gasteiger partial charge < -0.3 is 9.64 Å². The monoisotopic (exact) mass is 417 g/mol. The lowest BCUT2D eigenvalue weighted by molar-refractivity contribution is 0.0783. The topological polar surface area (TPSA) is 47.4 Å². The van der Waals surface area contributed by atoms with E-state index in [2.05, 4.69) is 5.10 Å². The Hall–Kier alpha value is -2.50. The van der Waals surface area contributed by atoms with Gasteiger partial charge >= 0.3 is 0 Å². The number of carbonyl (C=O) groups is 1. The van der Waals surface area contributed by atoms with Crippen molar-refractivity contribution in [2.75, 3.05) is 7.05 Å². The molecule has 3 aromatic rings. The van der Waals surface area contributed by atoms with Crippen molar-refractivity contribution in [2.45, 2.75) is 26.6 Å².